The van der Waals surface area contributed by atoms with Gasteiger partial charge in [-0.15, -0.1) is 0 Å². The van der Waals surface area contributed by atoms with Gasteiger partial charge in [-0.05, 0) is 56.7 Å². The fourth-order valence-corrected chi connectivity index (χ4v) is 4.71. The number of hydrogen-bond acceptors (Lipinski definition) is 3. The molecule has 2 aliphatic rings. The molecule has 0 aromatic heterocycles. The number of carbonyl (C=O) groups excluding carboxylic acids is 1. The van der Waals surface area contributed by atoms with E-state index in [0.29, 0.717) is 24.6 Å². The molecule has 1 atom stereocenters. The second-order valence-electron chi connectivity index (χ2n) is 6.63. The van der Waals surface area contributed by atoms with Gasteiger partial charge in [0.15, 0.2) is 0 Å². The minimum absolute atomic E-state index is 0.108. The predicted octanol–water partition coefficient (Wildman–Crippen LogP) is 2.34. The molecule has 0 spiro atoms. The summed E-state index contributed by atoms with van der Waals surface area (Å²) in [6.07, 6.45) is 4.14. The van der Waals surface area contributed by atoms with Crippen LogP contribution < -0.4 is 0 Å². The summed E-state index contributed by atoms with van der Waals surface area (Å²) in [7, 11) is -1.68. The van der Waals surface area contributed by atoms with E-state index in [1.54, 1.807) is 30.1 Å². The molecule has 23 heavy (non-hydrogen) atoms. The largest absolute Gasteiger partial charge is 0.339 e. The maximum atomic E-state index is 12.6. The van der Waals surface area contributed by atoms with Crippen molar-refractivity contribution in [2.45, 2.75) is 43.5 Å². The van der Waals surface area contributed by atoms with Crippen molar-refractivity contribution in [1.29, 1.82) is 0 Å². The Morgan fingerprint density at radius 2 is 1.91 bits per heavy atom. The lowest BCUT2D eigenvalue weighted by Crippen LogP contribution is -2.36. The first-order chi connectivity index (χ1) is 10.9. The molecule has 5 nitrogen and oxygen atoms in total. The second kappa shape index (κ2) is 6.24. The SMILES string of the molecule is CC(C1CC1)N(C)C(=O)c1cccc(S(=O)(=O)N2CCCC2)c1. The average Bonchev–Trinajstić information content (AvgIpc) is 3.26. The number of sulfonamides is 1. The Balaban J connectivity index is 1.83. The minimum Gasteiger partial charge on any atom is -0.339 e. The molecule has 2 fully saturated rings. The molecule has 0 radical (unpaired) electrons. The van der Waals surface area contributed by atoms with Gasteiger partial charge in [0.25, 0.3) is 5.91 Å². The number of carbonyl (C=O) groups is 1. The Bertz CT molecular complexity index is 692. The van der Waals surface area contributed by atoms with Crippen LogP contribution in [0.15, 0.2) is 29.2 Å². The van der Waals surface area contributed by atoms with Crippen LogP contribution in [0.3, 0.4) is 0 Å². The van der Waals surface area contributed by atoms with Crippen molar-refractivity contribution in [2.24, 2.45) is 5.92 Å². The lowest BCUT2D eigenvalue weighted by Gasteiger charge is -2.25. The van der Waals surface area contributed by atoms with E-state index in [4.69, 9.17) is 0 Å². The van der Waals surface area contributed by atoms with Crippen molar-refractivity contribution in [3.8, 4) is 0 Å². The average molecular weight is 336 g/mol. The van der Waals surface area contributed by atoms with Crippen LogP contribution in [0.2, 0.25) is 0 Å². The van der Waals surface area contributed by atoms with E-state index in [9.17, 15) is 13.2 Å². The maximum absolute atomic E-state index is 12.6. The first kappa shape index (κ1) is 16.5. The van der Waals surface area contributed by atoms with E-state index in [1.807, 2.05) is 0 Å². The molecule has 6 heteroatoms. The van der Waals surface area contributed by atoms with Gasteiger partial charge < -0.3 is 4.90 Å². The van der Waals surface area contributed by atoms with Gasteiger partial charge in [-0.3, -0.25) is 4.79 Å². The van der Waals surface area contributed by atoms with E-state index < -0.39 is 10.0 Å². The third-order valence-electron chi connectivity index (χ3n) is 5.02. The topological polar surface area (TPSA) is 57.7 Å². The Labute approximate surface area is 138 Å². The lowest BCUT2D eigenvalue weighted by atomic mass is 10.1. The second-order valence-corrected chi connectivity index (χ2v) is 8.57. The Morgan fingerprint density at radius 3 is 2.52 bits per heavy atom. The number of amides is 1. The quantitative estimate of drug-likeness (QED) is 0.829. The third kappa shape index (κ3) is 3.28. The Hall–Kier alpha value is -1.40. The summed E-state index contributed by atoms with van der Waals surface area (Å²) in [5.74, 6) is 0.475. The number of nitrogens with zero attached hydrogens (tertiary/aromatic N) is 2. The summed E-state index contributed by atoms with van der Waals surface area (Å²) in [6, 6.07) is 6.65. The summed E-state index contributed by atoms with van der Waals surface area (Å²) >= 11 is 0. The van der Waals surface area contributed by atoms with Crippen molar-refractivity contribution >= 4 is 15.9 Å². The lowest BCUT2D eigenvalue weighted by molar-refractivity contribution is 0.0727. The summed E-state index contributed by atoms with van der Waals surface area (Å²) in [5, 5.41) is 0. The normalized spacial score (nSPS) is 20.4. The van der Waals surface area contributed by atoms with Gasteiger partial charge in [-0.1, -0.05) is 6.07 Å². The van der Waals surface area contributed by atoms with Crippen LogP contribution in [0.5, 0.6) is 0 Å². The zero-order chi connectivity index (χ0) is 16.6. The van der Waals surface area contributed by atoms with Crippen LogP contribution in [0, 0.1) is 5.92 Å². The number of hydrogen-bond donors (Lipinski definition) is 0. The molecule has 1 aromatic carbocycles. The highest BCUT2D eigenvalue weighted by molar-refractivity contribution is 7.89. The van der Waals surface area contributed by atoms with Gasteiger partial charge in [0.1, 0.15) is 0 Å². The molecule has 1 heterocycles. The molecule has 0 N–H and O–H groups in total. The van der Waals surface area contributed by atoms with E-state index in [2.05, 4.69) is 6.92 Å². The molecule has 1 aliphatic carbocycles. The molecule has 0 bridgehead atoms. The Morgan fingerprint density at radius 1 is 1.26 bits per heavy atom. The number of rotatable bonds is 5. The first-order valence-corrected chi connectivity index (χ1v) is 9.72. The highest BCUT2D eigenvalue weighted by Crippen LogP contribution is 2.35. The molecule has 126 valence electrons. The van der Waals surface area contributed by atoms with Crippen LogP contribution in [0.25, 0.3) is 0 Å². The van der Waals surface area contributed by atoms with E-state index in [-0.39, 0.29) is 16.8 Å². The minimum atomic E-state index is -3.48. The van der Waals surface area contributed by atoms with E-state index in [0.717, 1.165) is 12.8 Å². The van der Waals surface area contributed by atoms with Crippen molar-refractivity contribution in [1.82, 2.24) is 9.21 Å². The van der Waals surface area contributed by atoms with Crippen molar-refractivity contribution in [2.75, 3.05) is 20.1 Å². The van der Waals surface area contributed by atoms with Crippen molar-refractivity contribution in [3.63, 3.8) is 0 Å². The molecular formula is C17H24N2O3S. The third-order valence-corrected chi connectivity index (χ3v) is 6.91. The first-order valence-electron chi connectivity index (χ1n) is 8.28. The highest BCUT2D eigenvalue weighted by atomic mass is 32.2. The summed E-state index contributed by atoms with van der Waals surface area (Å²) in [6.45, 7) is 3.19. The predicted molar refractivity (Wildman–Crippen MR) is 88.7 cm³/mol. The van der Waals surface area contributed by atoms with Crippen molar-refractivity contribution < 1.29 is 13.2 Å². The Kier molecular flexibility index (Phi) is 4.47. The van der Waals surface area contributed by atoms with Crippen LogP contribution in [0.1, 0.15) is 43.0 Å². The molecule has 3 rings (SSSR count). The van der Waals surface area contributed by atoms with Crippen LogP contribution in [-0.2, 0) is 10.0 Å². The van der Waals surface area contributed by atoms with Gasteiger partial charge in [0.05, 0.1) is 4.90 Å². The molecule has 1 aromatic rings. The molecular weight excluding hydrogens is 312 g/mol. The van der Waals surface area contributed by atoms with Gasteiger partial charge in [-0.2, -0.15) is 4.31 Å². The summed E-state index contributed by atoms with van der Waals surface area (Å²) in [4.78, 5) is 14.6. The van der Waals surface area contributed by atoms with E-state index in [1.165, 1.54) is 23.2 Å². The summed E-state index contributed by atoms with van der Waals surface area (Å²) in [5.41, 5.74) is 0.445. The fourth-order valence-electron chi connectivity index (χ4n) is 3.15. The zero-order valence-corrected chi connectivity index (χ0v) is 14.6. The monoisotopic (exact) mass is 336 g/mol. The van der Waals surface area contributed by atoms with E-state index >= 15 is 0 Å². The van der Waals surface area contributed by atoms with Gasteiger partial charge in [-0.25, -0.2) is 8.42 Å². The molecule has 1 amide bonds. The molecule has 1 saturated carbocycles. The van der Waals surface area contributed by atoms with Crippen molar-refractivity contribution in [3.05, 3.63) is 29.8 Å². The standard InChI is InChI=1S/C17H24N2O3S/c1-13(14-8-9-14)18(2)17(20)15-6-5-7-16(12-15)23(21,22)19-10-3-4-11-19/h5-7,12-14H,3-4,8-11H2,1-2H3. The highest BCUT2D eigenvalue weighted by Gasteiger charge is 2.33. The zero-order valence-electron chi connectivity index (χ0n) is 13.7. The maximum Gasteiger partial charge on any atom is 0.253 e. The molecule has 1 saturated heterocycles. The van der Waals surface area contributed by atoms with Gasteiger partial charge >= 0.3 is 0 Å². The van der Waals surface area contributed by atoms with Crippen LogP contribution >= 0.6 is 0 Å². The fraction of sp³-hybridized carbons (Fsp3) is 0.588. The number of benzene rings is 1. The summed E-state index contributed by atoms with van der Waals surface area (Å²) < 4.78 is 26.8. The van der Waals surface area contributed by atoms with Gasteiger partial charge in [0.2, 0.25) is 10.0 Å². The van der Waals surface area contributed by atoms with Crippen LogP contribution in [-0.4, -0.2) is 49.7 Å². The molecule has 1 aliphatic heterocycles. The van der Waals surface area contributed by atoms with Gasteiger partial charge in [0, 0.05) is 31.7 Å². The smallest absolute Gasteiger partial charge is 0.253 e. The molecule has 1 unspecified atom stereocenters. The van der Waals surface area contributed by atoms with Crippen LogP contribution in [0.4, 0.5) is 0 Å².